The number of pyridine rings is 1. The molecular formula is C33H25N3O2PtS. The van der Waals surface area contributed by atoms with Crippen LogP contribution in [-0.2, 0) is 36.7 Å². The third-order valence-corrected chi connectivity index (χ3v) is 7.56. The van der Waals surface area contributed by atoms with Crippen LogP contribution in [0.3, 0.4) is 0 Å². The van der Waals surface area contributed by atoms with Crippen molar-refractivity contribution in [2.45, 2.75) is 26.2 Å². The number of benzene rings is 5. The van der Waals surface area contributed by atoms with Crippen molar-refractivity contribution in [1.29, 1.82) is 0 Å². The van der Waals surface area contributed by atoms with Crippen LogP contribution in [0.25, 0.3) is 43.6 Å². The third kappa shape index (κ3) is 5.22. The molecule has 0 radical (unpaired) electrons. The first-order chi connectivity index (χ1) is 18.7. The minimum absolute atomic E-state index is 0. The molecule has 200 valence electrons. The van der Waals surface area contributed by atoms with Crippen molar-refractivity contribution < 1.29 is 29.5 Å². The van der Waals surface area contributed by atoms with E-state index in [0.717, 1.165) is 43.8 Å². The SMILES string of the molecule is CC(C)(C)c1[c-]c2c3c(c4ccc5ccccc5c4c2cc1)=NS(=O)(=O)N=3.[Pt+2].[c-]1ccccc1-c1ccccn1. The second-order valence-electron chi connectivity index (χ2n) is 10.4. The molecule has 6 aromatic rings. The van der Waals surface area contributed by atoms with Crippen molar-refractivity contribution in [1.82, 2.24) is 4.98 Å². The third-order valence-electron chi connectivity index (χ3n) is 6.73. The van der Waals surface area contributed by atoms with E-state index in [4.69, 9.17) is 0 Å². The zero-order valence-electron chi connectivity index (χ0n) is 22.1. The first-order valence-corrected chi connectivity index (χ1v) is 14.0. The van der Waals surface area contributed by atoms with Crippen molar-refractivity contribution in [3.8, 4) is 11.3 Å². The first kappa shape index (κ1) is 27.8. The van der Waals surface area contributed by atoms with Gasteiger partial charge in [-0.15, -0.1) is 65.0 Å². The minimum atomic E-state index is -3.86. The molecule has 7 heteroatoms. The maximum atomic E-state index is 12.2. The standard InChI is InChI=1S/C22H17N2O2S.C11H8N.Pt/c1-22(2,3)14-9-11-16-18(12-14)21-20(23-27(25,26)24-21)17-10-8-13-6-4-5-7-15(13)19(16)17;1-2-6-10(7-3-1)11-8-4-5-9-12-11;/h4-11H,1-3H3;1-6,8-9H;/q2*-1;+2. The summed E-state index contributed by atoms with van der Waals surface area (Å²) in [6.07, 6.45) is 1.79. The van der Waals surface area contributed by atoms with E-state index in [1.54, 1.807) is 6.20 Å². The Balaban J connectivity index is 0.000000209. The average Bonchev–Trinajstić information content (AvgIpc) is 3.29. The molecular weight excluding hydrogens is 698 g/mol. The number of hydrogen-bond donors (Lipinski definition) is 0. The molecule has 1 aromatic heterocycles. The van der Waals surface area contributed by atoms with Crippen molar-refractivity contribution in [3.05, 3.63) is 126 Å². The Bertz CT molecular complexity index is 2070. The molecule has 1 aliphatic heterocycles. The summed E-state index contributed by atoms with van der Waals surface area (Å²) in [7, 11) is -3.86. The van der Waals surface area contributed by atoms with Crippen LogP contribution < -0.4 is 10.7 Å². The average molecular weight is 723 g/mol. The summed E-state index contributed by atoms with van der Waals surface area (Å²) < 4.78 is 32.2. The van der Waals surface area contributed by atoms with Gasteiger partial charge in [-0.3, -0.25) is 0 Å². The van der Waals surface area contributed by atoms with E-state index in [9.17, 15) is 8.42 Å². The molecule has 7 rings (SSSR count). The summed E-state index contributed by atoms with van der Waals surface area (Å²) in [5.41, 5.74) is 2.91. The normalized spacial score (nSPS) is 13.5. The predicted octanol–water partition coefficient (Wildman–Crippen LogP) is 6.29. The van der Waals surface area contributed by atoms with Crippen LogP contribution in [0.1, 0.15) is 26.3 Å². The molecule has 2 heterocycles. The van der Waals surface area contributed by atoms with Gasteiger partial charge in [0.05, 0.1) is 5.36 Å². The minimum Gasteiger partial charge on any atom is -0.305 e. The quantitative estimate of drug-likeness (QED) is 0.148. The molecule has 0 saturated carbocycles. The molecule has 0 N–H and O–H groups in total. The van der Waals surface area contributed by atoms with Crippen molar-refractivity contribution >= 4 is 42.5 Å². The Hall–Kier alpha value is -3.73. The number of rotatable bonds is 1. The van der Waals surface area contributed by atoms with Gasteiger partial charge in [0.25, 0.3) is 0 Å². The summed E-state index contributed by atoms with van der Waals surface area (Å²) in [6.45, 7) is 6.33. The van der Waals surface area contributed by atoms with Crippen molar-refractivity contribution in [3.63, 3.8) is 0 Å². The van der Waals surface area contributed by atoms with Gasteiger partial charge < -0.3 is 4.98 Å². The van der Waals surface area contributed by atoms with Gasteiger partial charge in [0, 0.05) is 11.6 Å². The number of aromatic nitrogens is 1. The maximum absolute atomic E-state index is 12.2. The van der Waals surface area contributed by atoms with Gasteiger partial charge in [-0.2, -0.15) is 17.2 Å². The molecule has 0 atom stereocenters. The number of fused-ring (bicyclic) bond motifs is 8. The summed E-state index contributed by atoms with van der Waals surface area (Å²) in [5, 5.41) is 6.45. The maximum Gasteiger partial charge on any atom is 2.00 e. The van der Waals surface area contributed by atoms with Gasteiger partial charge in [0.2, 0.25) is 0 Å². The Labute approximate surface area is 247 Å². The summed E-state index contributed by atoms with van der Waals surface area (Å²) in [6, 6.07) is 36.4. The van der Waals surface area contributed by atoms with Crippen LogP contribution in [0.15, 0.2) is 106 Å². The summed E-state index contributed by atoms with van der Waals surface area (Å²) >= 11 is 0. The van der Waals surface area contributed by atoms with Crippen LogP contribution in [0.2, 0.25) is 0 Å². The van der Waals surface area contributed by atoms with Gasteiger partial charge in [0.15, 0.2) is 0 Å². The molecule has 0 amide bonds. The second-order valence-corrected chi connectivity index (χ2v) is 11.7. The topological polar surface area (TPSA) is 71.8 Å². The largest absolute Gasteiger partial charge is 2.00 e. The van der Waals surface area contributed by atoms with Gasteiger partial charge >= 0.3 is 31.3 Å². The van der Waals surface area contributed by atoms with Crippen molar-refractivity contribution in [2.24, 2.45) is 8.80 Å². The van der Waals surface area contributed by atoms with E-state index in [-0.39, 0.29) is 26.5 Å². The zero-order chi connectivity index (χ0) is 27.2. The van der Waals surface area contributed by atoms with Crippen LogP contribution in [0.5, 0.6) is 0 Å². The molecule has 0 unspecified atom stereocenters. The smallest absolute Gasteiger partial charge is 0.305 e. The fourth-order valence-electron chi connectivity index (χ4n) is 4.84. The monoisotopic (exact) mass is 722 g/mol. The van der Waals surface area contributed by atoms with E-state index < -0.39 is 10.2 Å². The molecule has 0 bridgehead atoms. The second kappa shape index (κ2) is 10.7. The first-order valence-electron chi connectivity index (χ1n) is 12.6. The predicted molar refractivity (Wildman–Crippen MR) is 156 cm³/mol. The van der Waals surface area contributed by atoms with E-state index >= 15 is 0 Å². The zero-order valence-corrected chi connectivity index (χ0v) is 25.2. The van der Waals surface area contributed by atoms with E-state index in [2.05, 4.69) is 70.9 Å². The molecule has 0 aliphatic carbocycles. The van der Waals surface area contributed by atoms with Gasteiger partial charge in [0.1, 0.15) is 0 Å². The molecule has 0 fully saturated rings. The Morgan fingerprint density at radius 2 is 1.45 bits per heavy atom. The van der Waals surface area contributed by atoms with Crippen LogP contribution in [0, 0.1) is 12.1 Å². The van der Waals surface area contributed by atoms with Gasteiger partial charge in [-0.25, -0.2) is 0 Å². The summed E-state index contributed by atoms with van der Waals surface area (Å²) in [4.78, 5) is 4.22. The van der Waals surface area contributed by atoms with Crippen LogP contribution in [0.4, 0.5) is 0 Å². The Kier molecular flexibility index (Phi) is 7.43. The Morgan fingerprint density at radius 3 is 2.17 bits per heavy atom. The van der Waals surface area contributed by atoms with Crippen LogP contribution in [-0.4, -0.2) is 13.4 Å². The van der Waals surface area contributed by atoms with E-state index in [0.29, 0.717) is 16.1 Å². The van der Waals surface area contributed by atoms with Gasteiger partial charge in [-0.1, -0.05) is 74.7 Å². The van der Waals surface area contributed by atoms with Crippen molar-refractivity contribution in [2.75, 3.05) is 0 Å². The van der Waals surface area contributed by atoms with Gasteiger partial charge in [-0.05, 0) is 38.7 Å². The van der Waals surface area contributed by atoms with E-state index in [1.807, 2.05) is 66.7 Å². The molecule has 0 saturated heterocycles. The summed E-state index contributed by atoms with van der Waals surface area (Å²) in [5.74, 6) is 0. The fraction of sp³-hybridized carbons (Fsp3) is 0.121. The number of nitrogens with zero attached hydrogens (tertiary/aromatic N) is 3. The number of hydrogen-bond acceptors (Lipinski definition) is 3. The molecule has 1 aliphatic rings. The molecule has 0 spiro atoms. The molecule has 40 heavy (non-hydrogen) atoms. The Morgan fingerprint density at radius 1 is 0.725 bits per heavy atom. The fourth-order valence-corrected chi connectivity index (χ4v) is 5.70. The molecule has 5 aromatic carbocycles. The van der Waals surface area contributed by atoms with Crippen LogP contribution >= 0.6 is 0 Å². The van der Waals surface area contributed by atoms with E-state index in [1.165, 1.54) is 0 Å². The molecule has 5 nitrogen and oxygen atoms in total.